The number of H-pyrrole nitrogens is 1. The molecule has 2 aliphatic rings. The van der Waals surface area contributed by atoms with Crippen LogP contribution in [-0.2, 0) is 11.2 Å². The fourth-order valence-electron chi connectivity index (χ4n) is 3.05. The highest BCUT2D eigenvalue weighted by molar-refractivity contribution is 5.82. The van der Waals surface area contributed by atoms with Crippen LogP contribution in [0.2, 0.25) is 0 Å². The first kappa shape index (κ1) is 14.3. The predicted molar refractivity (Wildman–Crippen MR) is 84.8 cm³/mol. The first-order chi connectivity index (χ1) is 11.3. The second-order valence-electron chi connectivity index (χ2n) is 5.89. The molecule has 23 heavy (non-hydrogen) atoms. The predicted octanol–water partition coefficient (Wildman–Crippen LogP) is 0.745. The molecule has 2 aliphatic heterocycles. The van der Waals surface area contributed by atoms with Crippen LogP contribution in [0.1, 0.15) is 18.7 Å². The smallest absolute Gasteiger partial charge is 0.237 e. The number of amides is 1. The Morgan fingerprint density at radius 1 is 1.30 bits per heavy atom. The SMILES string of the molecule is O=C(NCCc1nc2cc3c(cc2[nH]1)OCCO3)C1CCCN1. The van der Waals surface area contributed by atoms with Crippen molar-refractivity contribution in [1.29, 1.82) is 0 Å². The van der Waals surface area contributed by atoms with Gasteiger partial charge in [-0.3, -0.25) is 4.79 Å². The summed E-state index contributed by atoms with van der Waals surface area (Å²) >= 11 is 0. The number of imidazole rings is 1. The quantitative estimate of drug-likeness (QED) is 0.774. The van der Waals surface area contributed by atoms with Crippen LogP contribution in [-0.4, -0.2) is 48.2 Å². The largest absolute Gasteiger partial charge is 0.486 e. The van der Waals surface area contributed by atoms with E-state index in [0.29, 0.717) is 26.2 Å². The molecule has 1 atom stereocenters. The van der Waals surface area contributed by atoms with Crippen molar-refractivity contribution in [2.75, 3.05) is 26.3 Å². The number of rotatable bonds is 4. The maximum atomic E-state index is 11.9. The number of hydrogen-bond acceptors (Lipinski definition) is 5. The van der Waals surface area contributed by atoms with E-state index in [4.69, 9.17) is 9.47 Å². The zero-order valence-electron chi connectivity index (χ0n) is 12.9. The Balaban J connectivity index is 1.40. The van der Waals surface area contributed by atoms with Crippen molar-refractivity contribution in [1.82, 2.24) is 20.6 Å². The third-order valence-corrected chi connectivity index (χ3v) is 4.23. The summed E-state index contributed by atoms with van der Waals surface area (Å²) in [5, 5.41) is 6.16. The van der Waals surface area contributed by atoms with Gasteiger partial charge >= 0.3 is 0 Å². The molecule has 0 spiro atoms. The van der Waals surface area contributed by atoms with Gasteiger partial charge in [-0.1, -0.05) is 0 Å². The summed E-state index contributed by atoms with van der Waals surface area (Å²) in [7, 11) is 0. The molecule has 122 valence electrons. The zero-order valence-corrected chi connectivity index (χ0v) is 12.9. The van der Waals surface area contributed by atoms with E-state index in [1.54, 1.807) is 0 Å². The molecule has 0 saturated carbocycles. The highest BCUT2D eigenvalue weighted by Gasteiger charge is 2.21. The molecule has 1 fully saturated rings. The maximum absolute atomic E-state index is 11.9. The normalized spacial score (nSPS) is 19.9. The lowest BCUT2D eigenvalue weighted by atomic mass is 10.2. The van der Waals surface area contributed by atoms with Crippen LogP contribution in [0.3, 0.4) is 0 Å². The number of benzene rings is 1. The van der Waals surface area contributed by atoms with Gasteiger partial charge in [0, 0.05) is 25.1 Å². The molecule has 7 heteroatoms. The van der Waals surface area contributed by atoms with Crippen molar-refractivity contribution in [3.8, 4) is 11.5 Å². The fraction of sp³-hybridized carbons (Fsp3) is 0.500. The number of carbonyl (C=O) groups excluding carboxylic acids is 1. The van der Waals surface area contributed by atoms with Crippen LogP contribution in [0, 0.1) is 0 Å². The van der Waals surface area contributed by atoms with E-state index in [-0.39, 0.29) is 11.9 Å². The van der Waals surface area contributed by atoms with Crippen molar-refractivity contribution < 1.29 is 14.3 Å². The van der Waals surface area contributed by atoms with E-state index in [2.05, 4.69) is 20.6 Å². The average Bonchev–Trinajstić information content (AvgIpc) is 3.21. The van der Waals surface area contributed by atoms with Crippen molar-refractivity contribution in [2.45, 2.75) is 25.3 Å². The molecule has 1 unspecified atom stereocenters. The Kier molecular flexibility index (Phi) is 3.78. The Morgan fingerprint density at radius 2 is 2.13 bits per heavy atom. The van der Waals surface area contributed by atoms with E-state index < -0.39 is 0 Å². The van der Waals surface area contributed by atoms with Gasteiger partial charge in [0.1, 0.15) is 19.0 Å². The lowest BCUT2D eigenvalue weighted by Crippen LogP contribution is -2.41. The van der Waals surface area contributed by atoms with Gasteiger partial charge in [-0.05, 0) is 19.4 Å². The highest BCUT2D eigenvalue weighted by Crippen LogP contribution is 2.33. The van der Waals surface area contributed by atoms with Crippen molar-refractivity contribution >= 4 is 16.9 Å². The number of aromatic amines is 1. The van der Waals surface area contributed by atoms with Crippen molar-refractivity contribution in [3.05, 3.63) is 18.0 Å². The highest BCUT2D eigenvalue weighted by atomic mass is 16.6. The fourth-order valence-corrected chi connectivity index (χ4v) is 3.05. The van der Waals surface area contributed by atoms with Crippen molar-refractivity contribution in [2.24, 2.45) is 0 Å². The number of ether oxygens (including phenoxy) is 2. The average molecular weight is 316 g/mol. The molecule has 3 N–H and O–H groups in total. The molecule has 1 saturated heterocycles. The topological polar surface area (TPSA) is 88.3 Å². The Morgan fingerprint density at radius 3 is 2.91 bits per heavy atom. The standard InChI is InChI=1S/C16H20N4O3/c21-16(10-2-1-4-17-10)18-5-3-15-19-11-8-13-14(9-12(11)20-15)23-7-6-22-13/h8-10,17H,1-7H2,(H,18,21)(H,19,20). The van der Waals surface area contributed by atoms with Crippen LogP contribution in [0.5, 0.6) is 11.5 Å². The first-order valence-corrected chi connectivity index (χ1v) is 8.09. The van der Waals surface area contributed by atoms with Crippen LogP contribution >= 0.6 is 0 Å². The molecule has 2 aromatic rings. The minimum Gasteiger partial charge on any atom is -0.486 e. The maximum Gasteiger partial charge on any atom is 0.237 e. The van der Waals surface area contributed by atoms with Gasteiger partial charge in [0.15, 0.2) is 11.5 Å². The molecule has 3 heterocycles. The third-order valence-electron chi connectivity index (χ3n) is 4.23. The molecule has 1 aromatic carbocycles. The second-order valence-corrected chi connectivity index (χ2v) is 5.89. The van der Waals surface area contributed by atoms with Gasteiger partial charge in [-0.2, -0.15) is 0 Å². The summed E-state index contributed by atoms with van der Waals surface area (Å²) in [5.41, 5.74) is 1.78. The Bertz CT molecular complexity index is 678. The summed E-state index contributed by atoms with van der Waals surface area (Å²) in [6.07, 6.45) is 2.65. The van der Waals surface area contributed by atoms with Gasteiger partial charge in [0.2, 0.25) is 5.91 Å². The van der Waals surface area contributed by atoms with Crippen LogP contribution in [0.25, 0.3) is 11.0 Å². The van der Waals surface area contributed by atoms with Gasteiger partial charge in [-0.15, -0.1) is 0 Å². The minimum atomic E-state index is -0.0355. The molecule has 0 bridgehead atoms. The molecular formula is C16H20N4O3. The molecule has 1 amide bonds. The van der Waals surface area contributed by atoms with Crippen LogP contribution in [0.15, 0.2) is 12.1 Å². The number of nitrogens with zero attached hydrogens (tertiary/aromatic N) is 1. The third kappa shape index (κ3) is 2.96. The van der Waals surface area contributed by atoms with E-state index >= 15 is 0 Å². The van der Waals surface area contributed by atoms with E-state index in [1.165, 1.54) is 0 Å². The van der Waals surface area contributed by atoms with Crippen molar-refractivity contribution in [3.63, 3.8) is 0 Å². The number of carbonyl (C=O) groups is 1. The summed E-state index contributed by atoms with van der Waals surface area (Å²) < 4.78 is 11.1. The number of fused-ring (bicyclic) bond motifs is 2. The van der Waals surface area contributed by atoms with Gasteiger partial charge in [-0.25, -0.2) is 4.98 Å². The van der Waals surface area contributed by atoms with Gasteiger partial charge < -0.3 is 25.1 Å². The molecule has 0 radical (unpaired) electrons. The number of aromatic nitrogens is 2. The summed E-state index contributed by atoms with van der Waals surface area (Å²) in [6, 6.07) is 3.78. The lowest BCUT2D eigenvalue weighted by molar-refractivity contribution is -0.122. The molecule has 0 aliphatic carbocycles. The molecule has 4 rings (SSSR count). The second kappa shape index (κ2) is 6.08. The summed E-state index contributed by atoms with van der Waals surface area (Å²) in [6.45, 7) is 2.64. The number of nitrogens with one attached hydrogen (secondary N) is 3. The summed E-state index contributed by atoms with van der Waals surface area (Å²) in [4.78, 5) is 19.8. The molecular weight excluding hydrogens is 296 g/mol. The van der Waals surface area contributed by atoms with E-state index in [9.17, 15) is 4.79 Å². The Hall–Kier alpha value is -2.28. The van der Waals surface area contributed by atoms with Gasteiger partial charge in [0.25, 0.3) is 0 Å². The van der Waals surface area contributed by atoms with E-state index in [0.717, 1.165) is 47.7 Å². The lowest BCUT2D eigenvalue weighted by Gasteiger charge is -2.17. The molecule has 1 aromatic heterocycles. The monoisotopic (exact) mass is 316 g/mol. The van der Waals surface area contributed by atoms with Gasteiger partial charge in [0.05, 0.1) is 17.1 Å². The van der Waals surface area contributed by atoms with E-state index in [1.807, 2.05) is 12.1 Å². The zero-order chi connectivity index (χ0) is 15.6. The summed E-state index contributed by atoms with van der Waals surface area (Å²) in [5.74, 6) is 2.42. The van der Waals surface area contributed by atoms with Crippen LogP contribution < -0.4 is 20.1 Å². The molecule has 7 nitrogen and oxygen atoms in total. The number of hydrogen-bond donors (Lipinski definition) is 3. The Labute approximate surface area is 133 Å². The first-order valence-electron chi connectivity index (χ1n) is 8.09. The minimum absolute atomic E-state index is 0.0355. The van der Waals surface area contributed by atoms with Crippen LogP contribution in [0.4, 0.5) is 0 Å².